The topological polar surface area (TPSA) is 77.0 Å². The van der Waals surface area contributed by atoms with Gasteiger partial charge in [-0.1, -0.05) is 13.3 Å². The van der Waals surface area contributed by atoms with Crippen LogP contribution in [0.1, 0.15) is 58.8 Å². The van der Waals surface area contributed by atoms with E-state index in [1.54, 1.807) is 4.90 Å². The van der Waals surface area contributed by atoms with Crippen molar-refractivity contribution in [2.75, 3.05) is 46.0 Å². The van der Waals surface area contributed by atoms with E-state index in [-0.39, 0.29) is 11.9 Å². The second-order valence-corrected chi connectivity index (χ2v) is 10.3. The molecule has 0 spiro atoms. The van der Waals surface area contributed by atoms with Crippen molar-refractivity contribution in [1.82, 2.24) is 20.4 Å². The van der Waals surface area contributed by atoms with Crippen LogP contribution in [-0.2, 0) is 15.6 Å². The molecule has 2 N–H and O–H groups in total. The summed E-state index contributed by atoms with van der Waals surface area (Å²) < 4.78 is 12.2. The molecule has 1 saturated heterocycles. The van der Waals surface area contributed by atoms with Crippen molar-refractivity contribution in [3.05, 3.63) is 0 Å². The highest BCUT2D eigenvalue weighted by atomic mass is 32.2. The zero-order valence-electron chi connectivity index (χ0n) is 18.8. The van der Waals surface area contributed by atoms with Gasteiger partial charge >= 0.3 is 0 Å². The van der Waals surface area contributed by atoms with Gasteiger partial charge in [-0.05, 0) is 52.0 Å². The summed E-state index contributed by atoms with van der Waals surface area (Å²) in [5, 5.41) is 7.23. The Balaban J connectivity index is 1.81. The average molecular weight is 428 g/mol. The Hall–Kier alpha value is -1.15. The lowest BCUT2D eigenvalue weighted by atomic mass is 9.95. The number of amides is 1. The van der Waals surface area contributed by atoms with Crippen LogP contribution in [0.25, 0.3) is 0 Å². The predicted octanol–water partition coefficient (Wildman–Crippen LogP) is 1.56. The highest BCUT2D eigenvalue weighted by Crippen LogP contribution is 2.23. The molecule has 1 saturated carbocycles. The first-order chi connectivity index (χ1) is 14.0. The number of likely N-dealkylation sites (tertiary alicyclic amines) is 1. The van der Waals surface area contributed by atoms with Gasteiger partial charge in [0.2, 0.25) is 5.91 Å². The number of hydrogen-bond acceptors (Lipinski definition) is 4. The minimum absolute atomic E-state index is 0.0407. The summed E-state index contributed by atoms with van der Waals surface area (Å²) in [6, 6.07) is 0.390. The van der Waals surface area contributed by atoms with Gasteiger partial charge in [-0.2, -0.15) is 0 Å². The number of guanidine groups is 1. The third kappa shape index (κ3) is 7.55. The van der Waals surface area contributed by atoms with Crippen molar-refractivity contribution in [2.45, 2.75) is 76.1 Å². The summed E-state index contributed by atoms with van der Waals surface area (Å²) in [6.45, 7) is 7.57. The van der Waals surface area contributed by atoms with Gasteiger partial charge in [0.1, 0.15) is 0 Å². The number of hydrogen-bond donors (Lipinski definition) is 2. The van der Waals surface area contributed by atoms with E-state index in [0.717, 1.165) is 82.8 Å². The SMILES string of the molecule is CCNC(=NCCCN1CCCC1C(=O)N(C)C)NC1CCCC(S(=O)CC)C1. The first kappa shape index (κ1) is 24.1. The van der Waals surface area contributed by atoms with Crippen LogP contribution >= 0.6 is 0 Å². The fourth-order valence-corrected chi connectivity index (χ4v) is 5.75. The van der Waals surface area contributed by atoms with Crippen LogP contribution < -0.4 is 10.6 Å². The van der Waals surface area contributed by atoms with E-state index >= 15 is 0 Å². The number of rotatable bonds is 9. The molecule has 2 rings (SSSR count). The number of carbonyl (C=O) groups is 1. The molecule has 168 valence electrons. The summed E-state index contributed by atoms with van der Waals surface area (Å²) in [4.78, 5) is 21.1. The Morgan fingerprint density at radius 3 is 2.69 bits per heavy atom. The monoisotopic (exact) mass is 427 g/mol. The molecule has 0 aromatic heterocycles. The molecule has 4 unspecified atom stereocenters. The molecule has 1 heterocycles. The molecule has 1 amide bonds. The maximum Gasteiger partial charge on any atom is 0.239 e. The largest absolute Gasteiger partial charge is 0.357 e. The molecule has 1 aliphatic carbocycles. The first-order valence-electron chi connectivity index (χ1n) is 11.3. The lowest BCUT2D eigenvalue weighted by molar-refractivity contribution is -0.133. The van der Waals surface area contributed by atoms with E-state index in [2.05, 4.69) is 22.5 Å². The highest BCUT2D eigenvalue weighted by molar-refractivity contribution is 7.85. The third-order valence-corrected chi connectivity index (χ3v) is 7.67. The minimum Gasteiger partial charge on any atom is -0.357 e. The van der Waals surface area contributed by atoms with Crippen LogP contribution in [0.4, 0.5) is 0 Å². The van der Waals surface area contributed by atoms with E-state index in [4.69, 9.17) is 4.99 Å². The van der Waals surface area contributed by atoms with Crippen LogP contribution in [-0.4, -0.2) is 89.2 Å². The van der Waals surface area contributed by atoms with E-state index in [1.807, 2.05) is 21.0 Å². The van der Waals surface area contributed by atoms with Gasteiger partial charge in [-0.15, -0.1) is 0 Å². The molecule has 29 heavy (non-hydrogen) atoms. The Morgan fingerprint density at radius 1 is 1.21 bits per heavy atom. The predicted molar refractivity (Wildman–Crippen MR) is 122 cm³/mol. The third-order valence-electron chi connectivity index (χ3n) is 5.93. The van der Waals surface area contributed by atoms with Crippen molar-refractivity contribution in [2.24, 2.45) is 4.99 Å². The average Bonchev–Trinajstić information content (AvgIpc) is 3.18. The standard InChI is InChI=1S/C21H41N5O2S/c1-5-22-21(24-17-10-7-11-18(16-17)29(28)6-2)23-13-9-15-26-14-8-12-19(26)20(27)25(3)4/h17-19H,5-16H2,1-4H3,(H2,22,23,24). The van der Waals surface area contributed by atoms with Crippen molar-refractivity contribution in [3.8, 4) is 0 Å². The number of carbonyl (C=O) groups excluding carboxylic acids is 1. The highest BCUT2D eigenvalue weighted by Gasteiger charge is 2.31. The molecule has 2 aliphatic rings. The van der Waals surface area contributed by atoms with Crippen LogP contribution in [0.2, 0.25) is 0 Å². The molecule has 0 bridgehead atoms. The van der Waals surface area contributed by atoms with Crippen LogP contribution in [0.5, 0.6) is 0 Å². The molecule has 8 heteroatoms. The fraction of sp³-hybridized carbons (Fsp3) is 0.905. The Kier molecular flexibility index (Phi) is 10.4. The number of nitrogens with one attached hydrogen (secondary N) is 2. The van der Waals surface area contributed by atoms with Crippen molar-refractivity contribution >= 4 is 22.7 Å². The molecular weight excluding hydrogens is 386 g/mol. The van der Waals surface area contributed by atoms with Crippen molar-refractivity contribution < 1.29 is 9.00 Å². The smallest absolute Gasteiger partial charge is 0.239 e. The summed E-state index contributed by atoms with van der Waals surface area (Å²) in [6.07, 6.45) is 7.29. The van der Waals surface area contributed by atoms with Gasteiger partial charge in [0.15, 0.2) is 5.96 Å². The molecule has 0 aromatic carbocycles. The number of nitrogens with zero attached hydrogens (tertiary/aromatic N) is 3. The normalized spacial score (nSPS) is 26.9. The summed E-state index contributed by atoms with van der Waals surface area (Å²) in [5.74, 6) is 1.83. The molecule has 0 radical (unpaired) electrons. The molecular formula is C21H41N5O2S. The maximum atomic E-state index is 12.3. The summed E-state index contributed by atoms with van der Waals surface area (Å²) in [7, 11) is 2.96. The Labute approximate surface area is 179 Å². The van der Waals surface area contributed by atoms with Crippen LogP contribution in [0.3, 0.4) is 0 Å². The lowest BCUT2D eigenvalue weighted by Crippen LogP contribution is -2.46. The van der Waals surface area contributed by atoms with E-state index in [9.17, 15) is 9.00 Å². The molecule has 4 atom stereocenters. The van der Waals surface area contributed by atoms with Gasteiger partial charge in [0, 0.05) is 61.6 Å². The van der Waals surface area contributed by atoms with Gasteiger partial charge in [-0.25, -0.2) is 0 Å². The Morgan fingerprint density at radius 2 is 2.00 bits per heavy atom. The summed E-state index contributed by atoms with van der Waals surface area (Å²) >= 11 is 0. The molecule has 1 aliphatic heterocycles. The molecule has 0 aromatic rings. The second-order valence-electron chi connectivity index (χ2n) is 8.34. The van der Waals surface area contributed by atoms with Gasteiger partial charge < -0.3 is 15.5 Å². The van der Waals surface area contributed by atoms with E-state index < -0.39 is 10.8 Å². The zero-order valence-corrected chi connectivity index (χ0v) is 19.6. The van der Waals surface area contributed by atoms with E-state index in [1.165, 1.54) is 0 Å². The first-order valence-corrected chi connectivity index (χ1v) is 12.7. The number of likely N-dealkylation sites (N-methyl/N-ethyl adjacent to an activating group) is 1. The van der Waals surface area contributed by atoms with Gasteiger partial charge in [-0.3, -0.25) is 18.9 Å². The Bertz CT molecular complexity index is 569. The lowest BCUT2D eigenvalue weighted by Gasteiger charge is -2.30. The number of aliphatic imine (C=N–C) groups is 1. The van der Waals surface area contributed by atoms with E-state index in [0.29, 0.717) is 11.3 Å². The minimum atomic E-state index is -0.709. The van der Waals surface area contributed by atoms with Crippen LogP contribution in [0.15, 0.2) is 4.99 Å². The van der Waals surface area contributed by atoms with Crippen molar-refractivity contribution in [1.29, 1.82) is 0 Å². The second kappa shape index (κ2) is 12.5. The zero-order chi connectivity index (χ0) is 21.2. The fourth-order valence-electron chi connectivity index (χ4n) is 4.40. The maximum absolute atomic E-state index is 12.3. The van der Waals surface area contributed by atoms with Gasteiger partial charge in [0.05, 0.1) is 6.04 Å². The van der Waals surface area contributed by atoms with Crippen LogP contribution in [0, 0.1) is 0 Å². The molecule has 7 nitrogen and oxygen atoms in total. The summed E-state index contributed by atoms with van der Waals surface area (Å²) in [5.41, 5.74) is 0. The van der Waals surface area contributed by atoms with Crippen molar-refractivity contribution in [3.63, 3.8) is 0 Å². The van der Waals surface area contributed by atoms with Gasteiger partial charge in [0.25, 0.3) is 0 Å². The quantitative estimate of drug-likeness (QED) is 0.332. The molecule has 2 fully saturated rings.